The summed E-state index contributed by atoms with van der Waals surface area (Å²) in [6.45, 7) is 3.33. The number of piperidine rings is 2. The second kappa shape index (κ2) is 23.1. The van der Waals surface area contributed by atoms with Gasteiger partial charge in [0.05, 0.1) is 37.4 Å². The highest BCUT2D eigenvalue weighted by Crippen LogP contribution is 2.32. The van der Waals surface area contributed by atoms with E-state index in [4.69, 9.17) is 54.0 Å². The lowest BCUT2D eigenvalue weighted by atomic mass is 9.97. The minimum Gasteiger partial charge on any atom is -0.469 e. The predicted octanol–water partition coefficient (Wildman–Crippen LogP) is 11.9. The Morgan fingerprint density at radius 3 is 1.40 bits per heavy atom. The van der Waals surface area contributed by atoms with E-state index >= 15 is 0 Å². The molecule has 0 atom stereocenters. The SMILES string of the molecule is COC(=O)C1CCN(c2cc(Cl)cc(-c3ccc(Oc4ccc(F)cc4)cc3)n2)CC1.COC(=O)C1CCNCC1.Fc1ccc(Oc2ccc(-c3cc(Cl)cc(Cl)n3)cc2)cc1. The molecule has 0 saturated carbocycles. The molecule has 6 aromatic rings. The molecule has 328 valence electrons. The molecule has 2 fully saturated rings. The third-order valence-corrected chi connectivity index (χ3v) is 10.8. The van der Waals surface area contributed by atoms with E-state index in [-0.39, 0.29) is 35.4 Å². The Morgan fingerprint density at radius 1 is 0.571 bits per heavy atom. The van der Waals surface area contributed by atoms with E-state index in [9.17, 15) is 18.4 Å². The standard InChI is InChI=1S/C24H22ClFN2O3.C17H10Cl2FNO.C7H13NO2/c1-30-24(29)17-10-12-28(13-11-17)23-15-18(25)14-22(27-23)16-2-6-20(7-3-16)31-21-8-4-19(26)5-9-21;18-12-9-16(21-17(19)10-12)11-1-5-14(6-2-11)22-15-7-3-13(20)4-8-15;1-10-7(9)6-2-4-8-5-3-6/h2-9,14-15,17H,10-13H2,1H3;1-10H;6,8H,2-5H2,1H3. The lowest BCUT2D eigenvalue weighted by Crippen LogP contribution is -2.37. The van der Waals surface area contributed by atoms with Crippen LogP contribution in [0.1, 0.15) is 25.7 Å². The van der Waals surface area contributed by atoms with Crippen molar-refractivity contribution in [3.63, 3.8) is 0 Å². The van der Waals surface area contributed by atoms with E-state index in [1.54, 1.807) is 48.5 Å². The van der Waals surface area contributed by atoms with Crippen LogP contribution >= 0.6 is 34.8 Å². The van der Waals surface area contributed by atoms with Crippen LogP contribution in [0.3, 0.4) is 0 Å². The van der Waals surface area contributed by atoms with Crippen LogP contribution in [-0.2, 0) is 19.1 Å². The molecule has 1 N–H and O–H groups in total. The quantitative estimate of drug-likeness (QED) is 0.111. The van der Waals surface area contributed by atoms with Gasteiger partial charge in [-0.25, -0.2) is 18.7 Å². The minimum atomic E-state index is -0.306. The fourth-order valence-corrected chi connectivity index (χ4v) is 7.48. The fraction of sp³-hybridized carbons (Fsp3) is 0.250. The van der Waals surface area contributed by atoms with Crippen molar-refractivity contribution in [1.29, 1.82) is 0 Å². The first-order chi connectivity index (χ1) is 30.5. The molecule has 0 bridgehead atoms. The zero-order chi connectivity index (χ0) is 44.7. The first-order valence-corrected chi connectivity index (χ1v) is 21.3. The Hall–Kier alpha value is -5.79. The Morgan fingerprint density at radius 2 is 0.968 bits per heavy atom. The summed E-state index contributed by atoms with van der Waals surface area (Å²) in [5.41, 5.74) is 3.22. The molecule has 2 aromatic heterocycles. The Bertz CT molecular complexity index is 2390. The van der Waals surface area contributed by atoms with Gasteiger partial charge in [0.1, 0.15) is 45.6 Å². The summed E-state index contributed by atoms with van der Waals surface area (Å²) in [5.74, 6) is 2.48. The summed E-state index contributed by atoms with van der Waals surface area (Å²) >= 11 is 18.2. The summed E-state index contributed by atoms with van der Waals surface area (Å²) < 4.78 is 46.7. The number of hydrogen-bond donors (Lipinski definition) is 1. The summed E-state index contributed by atoms with van der Waals surface area (Å²) in [7, 11) is 2.87. The van der Waals surface area contributed by atoms with Gasteiger partial charge >= 0.3 is 11.9 Å². The molecule has 8 rings (SSSR count). The summed E-state index contributed by atoms with van der Waals surface area (Å²) in [6.07, 6.45) is 3.30. The zero-order valence-electron chi connectivity index (χ0n) is 34.5. The van der Waals surface area contributed by atoms with Crippen LogP contribution in [0.4, 0.5) is 14.6 Å². The molecule has 0 spiro atoms. The number of aromatic nitrogens is 2. The van der Waals surface area contributed by atoms with Crippen molar-refractivity contribution >= 4 is 52.6 Å². The average molecular weight is 918 g/mol. The van der Waals surface area contributed by atoms with Crippen molar-refractivity contribution in [2.24, 2.45) is 11.8 Å². The van der Waals surface area contributed by atoms with Crippen molar-refractivity contribution < 1.29 is 37.3 Å². The van der Waals surface area contributed by atoms with Gasteiger partial charge in [0.2, 0.25) is 0 Å². The maximum atomic E-state index is 13.0. The maximum absolute atomic E-state index is 13.0. The van der Waals surface area contributed by atoms with Crippen molar-refractivity contribution in [2.75, 3.05) is 45.3 Å². The van der Waals surface area contributed by atoms with Crippen molar-refractivity contribution in [1.82, 2.24) is 15.3 Å². The molecule has 2 saturated heterocycles. The summed E-state index contributed by atoms with van der Waals surface area (Å²) in [5, 5.41) is 4.66. The van der Waals surface area contributed by atoms with Gasteiger partial charge in [-0.2, -0.15) is 0 Å². The number of methoxy groups -OCH3 is 2. The second-order valence-electron chi connectivity index (χ2n) is 14.5. The Labute approximate surface area is 380 Å². The number of esters is 2. The van der Waals surface area contributed by atoms with Gasteiger partial charge in [0.15, 0.2) is 0 Å². The van der Waals surface area contributed by atoms with Crippen LogP contribution in [0.25, 0.3) is 22.5 Å². The lowest BCUT2D eigenvalue weighted by Gasteiger charge is -2.31. The number of nitrogens with one attached hydrogen (secondary N) is 1. The maximum Gasteiger partial charge on any atom is 0.308 e. The van der Waals surface area contributed by atoms with Crippen molar-refractivity contribution in [2.45, 2.75) is 25.7 Å². The van der Waals surface area contributed by atoms with Gasteiger partial charge < -0.3 is 29.2 Å². The van der Waals surface area contributed by atoms with Crippen molar-refractivity contribution in [3.05, 3.63) is 148 Å². The number of ether oxygens (including phenoxy) is 4. The molecule has 10 nitrogen and oxygen atoms in total. The van der Waals surface area contributed by atoms with Crippen LogP contribution in [0.5, 0.6) is 23.0 Å². The van der Waals surface area contributed by atoms with Gasteiger partial charge in [0, 0.05) is 34.3 Å². The highest BCUT2D eigenvalue weighted by molar-refractivity contribution is 6.34. The first-order valence-electron chi connectivity index (χ1n) is 20.2. The zero-order valence-corrected chi connectivity index (χ0v) is 36.8. The van der Waals surface area contributed by atoms with E-state index in [1.807, 2.05) is 48.5 Å². The van der Waals surface area contributed by atoms with Crippen LogP contribution in [0, 0.1) is 23.5 Å². The number of nitrogens with zero attached hydrogens (tertiary/aromatic N) is 3. The van der Waals surface area contributed by atoms with E-state index < -0.39 is 0 Å². The van der Waals surface area contributed by atoms with Gasteiger partial charge in [0.25, 0.3) is 0 Å². The number of rotatable bonds is 9. The topological polar surface area (TPSA) is 112 Å². The average Bonchev–Trinajstić information content (AvgIpc) is 3.31. The molecular formula is C48H45Cl3F2N4O6. The molecule has 0 unspecified atom stereocenters. The highest BCUT2D eigenvalue weighted by Gasteiger charge is 2.26. The molecular weight excluding hydrogens is 873 g/mol. The van der Waals surface area contributed by atoms with Crippen LogP contribution in [0.2, 0.25) is 15.2 Å². The molecule has 4 heterocycles. The molecule has 2 aliphatic rings. The number of pyridine rings is 2. The summed E-state index contributed by atoms with van der Waals surface area (Å²) in [4.78, 5) is 33.8. The number of carbonyl (C=O) groups excluding carboxylic acids is 2. The smallest absolute Gasteiger partial charge is 0.308 e. The van der Waals surface area contributed by atoms with Gasteiger partial charge in [-0.3, -0.25) is 9.59 Å². The van der Waals surface area contributed by atoms with Crippen molar-refractivity contribution in [3.8, 4) is 45.5 Å². The molecule has 2 aliphatic heterocycles. The molecule has 4 aromatic carbocycles. The van der Waals surface area contributed by atoms with E-state index in [2.05, 4.69) is 19.9 Å². The summed E-state index contributed by atoms with van der Waals surface area (Å²) in [6, 6.07) is 33.5. The largest absolute Gasteiger partial charge is 0.469 e. The Kier molecular flexibility index (Phi) is 17.1. The molecule has 0 amide bonds. The number of hydrogen-bond acceptors (Lipinski definition) is 10. The first kappa shape index (κ1) is 46.7. The molecule has 63 heavy (non-hydrogen) atoms. The van der Waals surface area contributed by atoms with Gasteiger partial charge in [-0.05, 0) is 160 Å². The fourth-order valence-electron chi connectivity index (χ4n) is 6.81. The normalized spacial score (nSPS) is 14.0. The van der Waals surface area contributed by atoms with Gasteiger partial charge in [-0.1, -0.05) is 34.8 Å². The number of anilines is 1. The minimum absolute atomic E-state index is 0.0542. The molecule has 0 aliphatic carbocycles. The number of halogens is 5. The van der Waals surface area contributed by atoms with Crippen LogP contribution < -0.4 is 19.7 Å². The predicted molar refractivity (Wildman–Crippen MR) is 242 cm³/mol. The lowest BCUT2D eigenvalue weighted by molar-refractivity contribution is -0.147. The Balaban J connectivity index is 0.000000178. The number of carbonyl (C=O) groups is 2. The van der Waals surface area contributed by atoms with Gasteiger partial charge in [-0.15, -0.1) is 0 Å². The highest BCUT2D eigenvalue weighted by atomic mass is 35.5. The second-order valence-corrected chi connectivity index (χ2v) is 15.8. The molecule has 15 heteroatoms. The third-order valence-electron chi connectivity index (χ3n) is 10.2. The monoisotopic (exact) mass is 916 g/mol. The third kappa shape index (κ3) is 14.1. The van der Waals surface area contributed by atoms with E-state index in [0.717, 1.165) is 74.5 Å². The van der Waals surface area contributed by atoms with Crippen LogP contribution in [-0.4, -0.2) is 62.3 Å². The van der Waals surface area contributed by atoms with E-state index in [1.165, 1.54) is 38.5 Å². The van der Waals surface area contributed by atoms with E-state index in [0.29, 0.717) is 43.9 Å². The molecule has 0 radical (unpaired) electrons. The van der Waals surface area contributed by atoms with Crippen LogP contribution in [0.15, 0.2) is 121 Å². The number of benzene rings is 4.